The van der Waals surface area contributed by atoms with Crippen LogP contribution in [0.4, 0.5) is 9.52 Å². The molecule has 4 aromatic rings. The van der Waals surface area contributed by atoms with Crippen molar-refractivity contribution >= 4 is 34.0 Å². The van der Waals surface area contributed by atoms with E-state index >= 15 is 0 Å². The van der Waals surface area contributed by atoms with Crippen molar-refractivity contribution in [2.75, 3.05) is 12.4 Å². The van der Waals surface area contributed by atoms with Gasteiger partial charge in [0.1, 0.15) is 16.7 Å². The molecule has 9 heteroatoms. The second-order valence-electron chi connectivity index (χ2n) is 8.42. The summed E-state index contributed by atoms with van der Waals surface area (Å²) in [5, 5.41) is 3.77. The van der Waals surface area contributed by atoms with Gasteiger partial charge in [-0.3, -0.25) is 15.1 Å². The van der Waals surface area contributed by atoms with Crippen LogP contribution in [0.2, 0.25) is 5.15 Å². The molecule has 0 aliphatic heterocycles. The van der Waals surface area contributed by atoms with Crippen molar-refractivity contribution in [1.29, 1.82) is 0 Å². The largest absolute Gasteiger partial charge is 0.494 e. The van der Waals surface area contributed by atoms with E-state index in [1.165, 1.54) is 23.6 Å². The molecule has 35 heavy (non-hydrogen) atoms. The maximum absolute atomic E-state index is 13.7. The first kappa shape index (κ1) is 23.4. The Balaban J connectivity index is 1.41. The van der Waals surface area contributed by atoms with Crippen molar-refractivity contribution in [3.8, 4) is 16.9 Å². The summed E-state index contributed by atoms with van der Waals surface area (Å²) < 4.78 is 19.1. The topological polar surface area (TPSA) is 77.0 Å². The molecule has 1 aliphatic rings. The summed E-state index contributed by atoms with van der Waals surface area (Å²) in [6.07, 6.45) is 5.52. The molecule has 3 aromatic heterocycles. The van der Waals surface area contributed by atoms with Crippen molar-refractivity contribution in [2.24, 2.45) is 0 Å². The molecule has 1 unspecified atom stereocenters. The number of ether oxygens (including phenoxy) is 1. The lowest BCUT2D eigenvalue weighted by atomic mass is 9.85. The van der Waals surface area contributed by atoms with Gasteiger partial charge in [0, 0.05) is 27.9 Å². The number of benzene rings is 1. The van der Waals surface area contributed by atoms with E-state index in [-0.39, 0.29) is 17.6 Å². The van der Waals surface area contributed by atoms with Crippen molar-refractivity contribution in [3.63, 3.8) is 0 Å². The second-order valence-corrected chi connectivity index (χ2v) is 9.89. The number of aromatic nitrogens is 3. The highest BCUT2D eigenvalue weighted by Crippen LogP contribution is 2.38. The van der Waals surface area contributed by atoms with Crippen LogP contribution >= 0.6 is 22.9 Å². The first-order valence-electron chi connectivity index (χ1n) is 11.1. The summed E-state index contributed by atoms with van der Waals surface area (Å²) in [4.78, 5) is 27.5. The molecule has 3 heterocycles. The number of aryl methyl sites for hydroxylation is 2. The van der Waals surface area contributed by atoms with Crippen LogP contribution in [0.25, 0.3) is 11.1 Å². The molecule has 5 rings (SSSR count). The predicted molar refractivity (Wildman–Crippen MR) is 135 cm³/mol. The molecule has 0 saturated heterocycles. The van der Waals surface area contributed by atoms with Crippen LogP contribution < -0.4 is 10.1 Å². The van der Waals surface area contributed by atoms with Gasteiger partial charge in [-0.2, -0.15) is 0 Å². The van der Waals surface area contributed by atoms with Gasteiger partial charge >= 0.3 is 0 Å². The normalized spacial score (nSPS) is 14.9. The first-order valence-corrected chi connectivity index (χ1v) is 12.3. The number of methoxy groups -OCH3 is 1. The minimum Gasteiger partial charge on any atom is -0.494 e. The molecule has 1 N–H and O–H groups in total. The summed E-state index contributed by atoms with van der Waals surface area (Å²) in [6, 6.07) is 10.3. The second kappa shape index (κ2) is 9.71. The average molecular weight is 509 g/mol. The zero-order chi connectivity index (χ0) is 24.5. The molecule has 0 saturated carbocycles. The Morgan fingerprint density at radius 2 is 2.06 bits per heavy atom. The van der Waals surface area contributed by atoms with Gasteiger partial charge in [0.25, 0.3) is 5.91 Å². The quantitative estimate of drug-likeness (QED) is 0.323. The van der Waals surface area contributed by atoms with E-state index in [1.54, 1.807) is 31.5 Å². The van der Waals surface area contributed by atoms with E-state index in [1.807, 2.05) is 19.1 Å². The summed E-state index contributed by atoms with van der Waals surface area (Å²) >= 11 is 7.60. The number of anilines is 1. The predicted octanol–water partition coefficient (Wildman–Crippen LogP) is 6.23. The number of thiazole rings is 1. The highest BCUT2D eigenvalue weighted by atomic mass is 35.5. The third kappa shape index (κ3) is 4.90. The number of carbonyl (C=O) groups is 1. The van der Waals surface area contributed by atoms with Gasteiger partial charge in [-0.1, -0.05) is 23.7 Å². The van der Waals surface area contributed by atoms with Crippen LogP contribution in [0, 0.1) is 12.7 Å². The van der Waals surface area contributed by atoms with Crippen molar-refractivity contribution < 1.29 is 13.9 Å². The Bertz CT molecular complexity index is 1420. The average Bonchev–Trinajstić information content (AvgIpc) is 3.25. The molecule has 0 spiro atoms. The number of hydrogen-bond donors (Lipinski definition) is 1. The number of nitrogens with one attached hydrogen (secondary N) is 1. The van der Waals surface area contributed by atoms with Gasteiger partial charge in [0.2, 0.25) is 0 Å². The monoisotopic (exact) mass is 508 g/mol. The zero-order valence-electron chi connectivity index (χ0n) is 19.1. The molecule has 0 fully saturated rings. The Labute approximate surface area is 211 Å². The fraction of sp³-hybridized carbons (Fsp3) is 0.231. The SMILES string of the molecule is COc1cnc(Cl)cc1-c1cc(C)ncc1C(=O)Nc1nc2c(s1)CC(c1cccc(F)c1)CC2. The standard InChI is InChI=1S/C26H22ClFN4O2S/c1-14-8-18(19-11-24(27)30-13-22(19)34-2)20(12-29-14)25(33)32-26-31-21-7-6-16(10-23(21)35-26)15-4-3-5-17(28)9-15/h3-5,8-9,11-13,16H,6-7,10H2,1-2H3,(H,31,32,33). The molecule has 0 bridgehead atoms. The summed E-state index contributed by atoms with van der Waals surface area (Å²) in [5.74, 6) is 0.191. The molecular weight excluding hydrogens is 487 g/mol. The van der Waals surface area contributed by atoms with Gasteiger partial charge < -0.3 is 4.74 Å². The minimum absolute atomic E-state index is 0.222. The van der Waals surface area contributed by atoms with Crippen molar-refractivity contribution in [1.82, 2.24) is 15.0 Å². The smallest absolute Gasteiger partial charge is 0.259 e. The highest BCUT2D eigenvalue weighted by Gasteiger charge is 2.25. The number of halogens is 2. The number of nitrogens with zero attached hydrogens (tertiary/aromatic N) is 3. The number of pyridine rings is 2. The maximum atomic E-state index is 13.7. The molecule has 6 nitrogen and oxygen atoms in total. The molecule has 178 valence electrons. The Hall–Kier alpha value is -3.36. The lowest BCUT2D eigenvalue weighted by molar-refractivity contribution is 0.102. The van der Waals surface area contributed by atoms with Crippen molar-refractivity contribution in [2.45, 2.75) is 32.1 Å². The molecule has 1 amide bonds. The molecule has 0 radical (unpaired) electrons. The number of carbonyl (C=O) groups excluding carboxylic acids is 1. The van der Waals surface area contributed by atoms with E-state index in [9.17, 15) is 9.18 Å². The van der Waals surface area contributed by atoms with E-state index in [0.717, 1.165) is 41.1 Å². The summed E-state index contributed by atoms with van der Waals surface area (Å²) in [5.41, 5.74) is 4.41. The van der Waals surface area contributed by atoms with Gasteiger partial charge in [-0.05, 0) is 61.9 Å². The van der Waals surface area contributed by atoms with E-state index < -0.39 is 0 Å². The van der Waals surface area contributed by atoms with Crippen LogP contribution in [0.1, 0.15) is 44.5 Å². The number of fused-ring (bicyclic) bond motifs is 1. The first-order chi connectivity index (χ1) is 16.9. The van der Waals surface area contributed by atoms with E-state index in [2.05, 4.69) is 20.3 Å². The Morgan fingerprint density at radius 3 is 2.86 bits per heavy atom. The summed E-state index contributed by atoms with van der Waals surface area (Å²) in [6.45, 7) is 1.85. The highest BCUT2D eigenvalue weighted by molar-refractivity contribution is 7.15. The van der Waals surface area contributed by atoms with E-state index in [0.29, 0.717) is 32.7 Å². The Morgan fingerprint density at radius 1 is 1.20 bits per heavy atom. The third-order valence-electron chi connectivity index (χ3n) is 6.11. The maximum Gasteiger partial charge on any atom is 0.259 e. The molecular formula is C26H22ClFN4O2S. The van der Waals surface area contributed by atoms with Crippen LogP contribution in [0.15, 0.2) is 48.8 Å². The van der Waals surface area contributed by atoms with Gasteiger partial charge in [-0.25, -0.2) is 14.4 Å². The number of hydrogen-bond acceptors (Lipinski definition) is 6. The Kier molecular flexibility index (Phi) is 6.49. The van der Waals surface area contributed by atoms with Crippen LogP contribution in [-0.4, -0.2) is 28.0 Å². The summed E-state index contributed by atoms with van der Waals surface area (Å²) in [7, 11) is 1.54. The lowest BCUT2D eigenvalue weighted by Gasteiger charge is -2.21. The minimum atomic E-state index is -0.324. The fourth-order valence-electron chi connectivity index (χ4n) is 4.39. The number of rotatable bonds is 5. The lowest BCUT2D eigenvalue weighted by Crippen LogP contribution is -2.14. The fourth-order valence-corrected chi connectivity index (χ4v) is 5.63. The van der Waals surface area contributed by atoms with E-state index in [4.69, 9.17) is 16.3 Å². The third-order valence-corrected chi connectivity index (χ3v) is 7.35. The van der Waals surface area contributed by atoms with Gasteiger partial charge in [0.05, 0.1) is 24.6 Å². The van der Waals surface area contributed by atoms with Gasteiger partial charge in [0.15, 0.2) is 5.13 Å². The van der Waals surface area contributed by atoms with Crippen LogP contribution in [0.3, 0.4) is 0 Å². The molecule has 1 atom stereocenters. The molecule has 1 aliphatic carbocycles. The van der Waals surface area contributed by atoms with Gasteiger partial charge in [-0.15, -0.1) is 11.3 Å². The zero-order valence-corrected chi connectivity index (χ0v) is 20.7. The number of amides is 1. The molecule has 1 aromatic carbocycles. The van der Waals surface area contributed by atoms with Crippen LogP contribution in [-0.2, 0) is 12.8 Å². The van der Waals surface area contributed by atoms with Crippen molar-refractivity contribution in [3.05, 3.63) is 87.2 Å². The van der Waals surface area contributed by atoms with Crippen LogP contribution in [0.5, 0.6) is 5.75 Å².